The second-order valence-corrected chi connectivity index (χ2v) is 3.92. The lowest BCUT2D eigenvalue weighted by atomic mass is 10.0. The summed E-state index contributed by atoms with van der Waals surface area (Å²) in [5, 5.41) is 8.15. The van der Waals surface area contributed by atoms with Gasteiger partial charge in [0, 0.05) is 11.1 Å². The van der Waals surface area contributed by atoms with Crippen LogP contribution in [-0.2, 0) is 0 Å². The molecule has 0 aliphatic heterocycles. The van der Waals surface area contributed by atoms with Crippen LogP contribution in [0.5, 0.6) is 11.5 Å². The molecule has 98 valence electrons. The van der Waals surface area contributed by atoms with E-state index in [1.165, 1.54) is 20.3 Å². The van der Waals surface area contributed by atoms with Crippen LogP contribution >= 0.6 is 0 Å². The fraction of sp³-hybridized carbons (Fsp3) is 0.133. The number of methoxy groups -OCH3 is 2. The normalized spacial score (nSPS) is 10.1. The van der Waals surface area contributed by atoms with E-state index in [0.717, 1.165) is 0 Å². The van der Waals surface area contributed by atoms with E-state index in [2.05, 4.69) is 0 Å². The van der Waals surface area contributed by atoms with E-state index in [1.807, 2.05) is 0 Å². The van der Waals surface area contributed by atoms with Crippen molar-refractivity contribution >= 4 is 5.71 Å². The summed E-state index contributed by atoms with van der Waals surface area (Å²) in [5.74, 6) is 0.670. The van der Waals surface area contributed by atoms with Gasteiger partial charge in [-0.15, -0.1) is 0 Å². The predicted molar refractivity (Wildman–Crippen MR) is 71.9 cm³/mol. The van der Waals surface area contributed by atoms with E-state index < -0.39 is 5.82 Å². The minimum absolute atomic E-state index is 0.0638. The topological polar surface area (TPSA) is 42.3 Å². The van der Waals surface area contributed by atoms with Crippen LogP contribution in [0.3, 0.4) is 0 Å². The summed E-state index contributed by atoms with van der Waals surface area (Å²) < 4.78 is 24.1. The predicted octanol–water partition coefficient (Wildman–Crippen LogP) is 3.26. The Hall–Kier alpha value is -2.36. The highest BCUT2D eigenvalue weighted by atomic mass is 19.1. The number of ether oxygens (including phenoxy) is 2. The van der Waals surface area contributed by atoms with Gasteiger partial charge in [0.2, 0.25) is 0 Å². The molecule has 0 aliphatic carbocycles. The Balaban J connectivity index is 2.51. The third-order valence-electron chi connectivity index (χ3n) is 2.82. The minimum atomic E-state index is -0.433. The van der Waals surface area contributed by atoms with Gasteiger partial charge in [-0.3, -0.25) is 5.41 Å². The van der Waals surface area contributed by atoms with E-state index in [-0.39, 0.29) is 11.3 Å². The molecule has 2 rings (SSSR count). The largest absolute Gasteiger partial charge is 0.497 e. The molecule has 3 nitrogen and oxygen atoms in total. The molecule has 0 atom stereocenters. The molecular weight excluding hydrogens is 245 g/mol. The summed E-state index contributed by atoms with van der Waals surface area (Å²) in [7, 11) is 3.05. The average molecular weight is 259 g/mol. The summed E-state index contributed by atoms with van der Waals surface area (Å²) in [6.45, 7) is 0. The number of benzene rings is 2. The molecule has 2 aromatic rings. The molecule has 0 spiro atoms. The van der Waals surface area contributed by atoms with Crippen molar-refractivity contribution in [1.29, 1.82) is 5.41 Å². The van der Waals surface area contributed by atoms with Gasteiger partial charge < -0.3 is 9.47 Å². The van der Waals surface area contributed by atoms with Crippen molar-refractivity contribution in [2.45, 2.75) is 0 Å². The Bertz CT molecular complexity index is 611. The van der Waals surface area contributed by atoms with Crippen LogP contribution in [0.25, 0.3) is 0 Å². The molecule has 0 aromatic heterocycles. The van der Waals surface area contributed by atoms with Crippen molar-refractivity contribution in [3.05, 3.63) is 59.4 Å². The third kappa shape index (κ3) is 2.57. The highest BCUT2D eigenvalue weighted by molar-refractivity contribution is 6.12. The lowest BCUT2D eigenvalue weighted by Gasteiger charge is -2.12. The van der Waals surface area contributed by atoms with Crippen LogP contribution in [0.15, 0.2) is 42.5 Å². The SMILES string of the molecule is COc1ccc(OC)c(C(=N)c2ccccc2F)c1. The van der Waals surface area contributed by atoms with Gasteiger partial charge in [0.05, 0.1) is 19.9 Å². The zero-order valence-corrected chi connectivity index (χ0v) is 10.7. The van der Waals surface area contributed by atoms with Gasteiger partial charge in [-0.25, -0.2) is 4.39 Å². The monoisotopic (exact) mass is 259 g/mol. The summed E-state index contributed by atoms with van der Waals surface area (Å²) in [5.41, 5.74) is 0.787. The molecule has 1 N–H and O–H groups in total. The molecule has 0 radical (unpaired) electrons. The van der Waals surface area contributed by atoms with Gasteiger partial charge in [-0.05, 0) is 30.3 Å². The number of hydrogen-bond donors (Lipinski definition) is 1. The molecule has 0 bridgehead atoms. The number of rotatable bonds is 4. The maximum Gasteiger partial charge on any atom is 0.132 e. The maximum absolute atomic E-state index is 13.7. The second kappa shape index (κ2) is 5.52. The minimum Gasteiger partial charge on any atom is -0.497 e. The maximum atomic E-state index is 13.7. The Morgan fingerprint density at radius 2 is 1.74 bits per heavy atom. The van der Waals surface area contributed by atoms with Crippen molar-refractivity contribution in [2.24, 2.45) is 0 Å². The van der Waals surface area contributed by atoms with Gasteiger partial charge >= 0.3 is 0 Å². The first kappa shape index (κ1) is 13.1. The zero-order valence-electron chi connectivity index (χ0n) is 10.7. The molecule has 0 fully saturated rings. The smallest absolute Gasteiger partial charge is 0.132 e. The molecule has 0 saturated heterocycles. The molecule has 4 heteroatoms. The van der Waals surface area contributed by atoms with Gasteiger partial charge in [-0.2, -0.15) is 0 Å². The molecule has 19 heavy (non-hydrogen) atoms. The molecule has 0 heterocycles. The van der Waals surface area contributed by atoms with Crippen LogP contribution in [0.4, 0.5) is 4.39 Å². The standard InChI is InChI=1S/C15H14FNO2/c1-18-10-7-8-14(19-2)12(9-10)15(17)11-5-3-4-6-13(11)16/h3-9,17H,1-2H3. The van der Waals surface area contributed by atoms with Gasteiger partial charge in [0.25, 0.3) is 0 Å². The number of nitrogens with one attached hydrogen (secondary N) is 1. The first-order valence-corrected chi connectivity index (χ1v) is 5.73. The first-order valence-electron chi connectivity index (χ1n) is 5.73. The third-order valence-corrected chi connectivity index (χ3v) is 2.82. The van der Waals surface area contributed by atoms with Crippen LogP contribution in [0.1, 0.15) is 11.1 Å². The molecular formula is C15H14FNO2. The van der Waals surface area contributed by atoms with Gasteiger partial charge in [-0.1, -0.05) is 12.1 Å². The molecule has 0 aliphatic rings. The van der Waals surface area contributed by atoms with E-state index in [9.17, 15) is 4.39 Å². The van der Waals surface area contributed by atoms with Gasteiger partial charge in [0.15, 0.2) is 0 Å². The lowest BCUT2D eigenvalue weighted by Crippen LogP contribution is -2.06. The quantitative estimate of drug-likeness (QED) is 0.856. The van der Waals surface area contributed by atoms with Crippen LogP contribution in [0.2, 0.25) is 0 Å². The summed E-state index contributed by atoms with van der Waals surface area (Å²) in [4.78, 5) is 0. The van der Waals surface area contributed by atoms with Crippen molar-refractivity contribution in [2.75, 3.05) is 14.2 Å². The van der Waals surface area contributed by atoms with E-state index in [1.54, 1.807) is 36.4 Å². The molecule has 2 aromatic carbocycles. The summed E-state index contributed by atoms with van der Waals surface area (Å²) >= 11 is 0. The number of halogens is 1. The Kier molecular flexibility index (Phi) is 3.80. The second-order valence-electron chi connectivity index (χ2n) is 3.92. The molecule has 0 amide bonds. The average Bonchev–Trinajstić information content (AvgIpc) is 2.46. The number of hydrogen-bond acceptors (Lipinski definition) is 3. The fourth-order valence-corrected chi connectivity index (χ4v) is 1.82. The van der Waals surface area contributed by atoms with Crippen LogP contribution in [0, 0.1) is 11.2 Å². The first-order chi connectivity index (χ1) is 9.17. The Morgan fingerprint density at radius 3 is 2.37 bits per heavy atom. The zero-order chi connectivity index (χ0) is 13.8. The Labute approximate surface area is 111 Å². The van der Waals surface area contributed by atoms with Crippen molar-refractivity contribution < 1.29 is 13.9 Å². The fourth-order valence-electron chi connectivity index (χ4n) is 1.82. The lowest BCUT2D eigenvalue weighted by molar-refractivity contribution is 0.402. The summed E-state index contributed by atoms with van der Waals surface area (Å²) in [6, 6.07) is 11.3. The molecule has 0 unspecified atom stereocenters. The van der Waals surface area contributed by atoms with E-state index in [0.29, 0.717) is 17.1 Å². The Morgan fingerprint density at radius 1 is 1.00 bits per heavy atom. The van der Waals surface area contributed by atoms with Crippen molar-refractivity contribution in [3.63, 3.8) is 0 Å². The highest BCUT2D eigenvalue weighted by Crippen LogP contribution is 2.27. The highest BCUT2D eigenvalue weighted by Gasteiger charge is 2.15. The molecule has 0 saturated carbocycles. The summed E-state index contributed by atoms with van der Waals surface area (Å²) in [6.07, 6.45) is 0. The van der Waals surface area contributed by atoms with E-state index >= 15 is 0 Å². The van der Waals surface area contributed by atoms with E-state index in [4.69, 9.17) is 14.9 Å². The van der Waals surface area contributed by atoms with Crippen molar-refractivity contribution in [3.8, 4) is 11.5 Å². The van der Waals surface area contributed by atoms with Crippen LogP contribution < -0.4 is 9.47 Å². The van der Waals surface area contributed by atoms with Gasteiger partial charge in [0.1, 0.15) is 17.3 Å². The van der Waals surface area contributed by atoms with Crippen LogP contribution in [-0.4, -0.2) is 19.9 Å². The van der Waals surface area contributed by atoms with Crippen molar-refractivity contribution in [1.82, 2.24) is 0 Å².